The number of nitrogens with zero attached hydrogens (tertiary/aromatic N) is 3. The molecule has 4 aliphatic rings. The van der Waals surface area contributed by atoms with Crippen molar-refractivity contribution in [2.45, 2.75) is 41.8 Å². The van der Waals surface area contributed by atoms with Gasteiger partial charge < -0.3 is 24.4 Å². The predicted molar refractivity (Wildman–Crippen MR) is 133 cm³/mol. The molecular weight excluding hydrogens is 470 g/mol. The number of aliphatic hydroxyl groups is 1. The molecule has 0 aromatic carbocycles. The summed E-state index contributed by atoms with van der Waals surface area (Å²) in [6.45, 7) is 13.6. The van der Waals surface area contributed by atoms with Gasteiger partial charge in [0, 0.05) is 38.0 Å². The molecule has 4 aliphatic heterocycles. The third-order valence-corrected chi connectivity index (χ3v) is 9.73. The van der Waals surface area contributed by atoms with Gasteiger partial charge in [0.05, 0.1) is 42.4 Å². The number of carbonyl (C=O) groups excluding carboxylic acids is 3. The molecule has 0 aliphatic carbocycles. The summed E-state index contributed by atoms with van der Waals surface area (Å²) in [4.78, 5) is 46.6. The van der Waals surface area contributed by atoms with Crippen LogP contribution in [0.25, 0.3) is 0 Å². The molecule has 0 aromatic rings. The SMILES string of the molecule is C=CCOC(=O)[C@@H]1[C@@H]2CCC3(S2)C(C(=O)N(CC=C)CCN2CCOCC2)N([C@H](C)CO)C(=O)[C@H]13. The largest absolute Gasteiger partial charge is 0.461 e. The number of rotatable bonds is 11. The van der Waals surface area contributed by atoms with E-state index < -0.39 is 34.6 Å². The van der Waals surface area contributed by atoms with E-state index in [4.69, 9.17) is 9.47 Å². The quantitative estimate of drug-likeness (QED) is 0.320. The monoisotopic (exact) mass is 507 g/mol. The summed E-state index contributed by atoms with van der Waals surface area (Å²) in [5.41, 5.74) is 0. The van der Waals surface area contributed by atoms with Crippen molar-refractivity contribution in [1.82, 2.24) is 14.7 Å². The zero-order valence-corrected chi connectivity index (χ0v) is 21.3. The van der Waals surface area contributed by atoms with Crippen LogP contribution < -0.4 is 0 Å². The first kappa shape index (κ1) is 26.2. The van der Waals surface area contributed by atoms with Gasteiger partial charge in [-0.05, 0) is 19.8 Å². The molecule has 4 saturated heterocycles. The molecule has 0 radical (unpaired) electrons. The summed E-state index contributed by atoms with van der Waals surface area (Å²) >= 11 is 1.60. The minimum Gasteiger partial charge on any atom is -0.461 e. The molecule has 9 nitrogen and oxygen atoms in total. The fourth-order valence-corrected chi connectivity index (χ4v) is 8.33. The number of fused-ring (bicyclic) bond motifs is 1. The van der Waals surface area contributed by atoms with Crippen molar-refractivity contribution >= 4 is 29.5 Å². The van der Waals surface area contributed by atoms with Crippen LogP contribution in [0.15, 0.2) is 25.3 Å². The molecule has 35 heavy (non-hydrogen) atoms. The zero-order chi connectivity index (χ0) is 25.2. The highest BCUT2D eigenvalue weighted by molar-refractivity contribution is 8.02. The zero-order valence-electron chi connectivity index (χ0n) is 20.5. The second kappa shape index (κ2) is 11.0. The van der Waals surface area contributed by atoms with Gasteiger partial charge in [-0.3, -0.25) is 19.3 Å². The van der Waals surface area contributed by atoms with E-state index >= 15 is 0 Å². The highest BCUT2D eigenvalue weighted by Crippen LogP contribution is 2.66. The van der Waals surface area contributed by atoms with E-state index in [1.807, 2.05) is 0 Å². The van der Waals surface area contributed by atoms with E-state index in [9.17, 15) is 19.5 Å². The summed E-state index contributed by atoms with van der Waals surface area (Å²) < 4.78 is 10.1. The molecule has 4 fully saturated rings. The van der Waals surface area contributed by atoms with E-state index in [0.717, 1.165) is 19.5 Å². The van der Waals surface area contributed by atoms with Crippen LogP contribution in [0.1, 0.15) is 19.8 Å². The fraction of sp³-hybridized carbons (Fsp3) is 0.720. The predicted octanol–water partition coefficient (Wildman–Crippen LogP) is 0.534. The minimum atomic E-state index is -0.737. The summed E-state index contributed by atoms with van der Waals surface area (Å²) in [6, 6.07) is -1.27. The molecule has 0 aromatic heterocycles. The second-order valence-electron chi connectivity index (χ2n) is 9.78. The Morgan fingerprint density at radius 1 is 1.34 bits per heavy atom. The normalized spacial score (nSPS) is 32.9. The van der Waals surface area contributed by atoms with Crippen molar-refractivity contribution in [2.75, 3.05) is 59.2 Å². The van der Waals surface area contributed by atoms with E-state index in [1.54, 1.807) is 34.6 Å². The maximum Gasteiger partial charge on any atom is 0.311 e. The first-order valence-corrected chi connectivity index (χ1v) is 13.4. The van der Waals surface area contributed by atoms with Crippen molar-refractivity contribution < 1.29 is 29.0 Å². The summed E-state index contributed by atoms with van der Waals surface area (Å²) in [5, 5.41) is 9.94. The molecule has 2 unspecified atom stereocenters. The number of likely N-dealkylation sites (tertiary alicyclic amines) is 1. The first-order chi connectivity index (χ1) is 16.9. The standard InChI is InChI=1S/C25H37N3O6S/c1-4-8-27(10-9-26-11-14-33-15-12-26)23(31)21-25-7-6-18(35-25)19(24(32)34-13-5-2)20(25)22(30)28(21)17(3)16-29/h4-5,17-21,29H,1-2,6-16H2,3H3/t17-,18+,19-,20+,21?,25?/m1/s1. The van der Waals surface area contributed by atoms with Crippen molar-refractivity contribution in [3.05, 3.63) is 25.3 Å². The van der Waals surface area contributed by atoms with Gasteiger partial charge in [-0.25, -0.2) is 0 Å². The minimum absolute atomic E-state index is 0.0515. The Hall–Kier alpha value is -1.88. The van der Waals surface area contributed by atoms with Crippen LogP contribution in [-0.4, -0.2) is 119 Å². The van der Waals surface area contributed by atoms with Crippen molar-refractivity contribution in [3.8, 4) is 0 Å². The number of ether oxygens (including phenoxy) is 2. The average Bonchev–Trinajstić information content (AvgIpc) is 3.52. The Balaban J connectivity index is 1.62. The lowest BCUT2D eigenvalue weighted by molar-refractivity contribution is -0.153. The van der Waals surface area contributed by atoms with Gasteiger partial charge in [0.15, 0.2) is 0 Å². The molecular formula is C25H37N3O6S. The van der Waals surface area contributed by atoms with Crippen molar-refractivity contribution in [3.63, 3.8) is 0 Å². The molecule has 10 heteroatoms. The number of esters is 1. The summed E-state index contributed by atoms with van der Waals surface area (Å²) in [6.07, 6.45) is 4.65. The number of carbonyl (C=O) groups is 3. The van der Waals surface area contributed by atoms with Gasteiger partial charge in [-0.15, -0.1) is 18.3 Å². The van der Waals surface area contributed by atoms with Crippen LogP contribution in [0, 0.1) is 11.8 Å². The maximum absolute atomic E-state index is 14.2. The van der Waals surface area contributed by atoms with Crippen LogP contribution in [0.4, 0.5) is 0 Å². The van der Waals surface area contributed by atoms with E-state index in [-0.39, 0.29) is 30.3 Å². The maximum atomic E-state index is 14.2. The Labute approximate surface area is 211 Å². The van der Waals surface area contributed by atoms with Crippen molar-refractivity contribution in [1.29, 1.82) is 0 Å². The highest BCUT2D eigenvalue weighted by Gasteiger charge is 2.74. The Bertz CT molecular complexity index is 849. The molecule has 194 valence electrons. The van der Waals surface area contributed by atoms with Gasteiger partial charge in [0.2, 0.25) is 11.8 Å². The van der Waals surface area contributed by atoms with Crippen LogP contribution >= 0.6 is 11.8 Å². The molecule has 6 atom stereocenters. The Morgan fingerprint density at radius 3 is 2.74 bits per heavy atom. The van der Waals surface area contributed by atoms with E-state index in [2.05, 4.69) is 18.1 Å². The highest BCUT2D eigenvalue weighted by atomic mass is 32.2. The van der Waals surface area contributed by atoms with Crippen molar-refractivity contribution in [2.24, 2.45) is 11.8 Å². The number of morpholine rings is 1. The second-order valence-corrected chi connectivity index (χ2v) is 11.4. The number of hydrogen-bond donors (Lipinski definition) is 1. The van der Waals surface area contributed by atoms with E-state index in [0.29, 0.717) is 39.3 Å². The van der Waals surface area contributed by atoms with Gasteiger partial charge >= 0.3 is 5.97 Å². The Morgan fingerprint density at radius 2 is 2.09 bits per heavy atom. The molecule has 4 rings (SSSR count). The van der Waals surface area contributed by atoms with Crippen LogP contribution in [0.2, 0.25) is 0 Å². The number of hydrogen-bond acceptors (Lipinski definition) is 8. The fourth-order valence-electron chi connectivity index (χ4n) is 6.14. The number of aliphatic hydroxyl groups excluding tert-OH is 1. The van der Waals surface area contributed by atoms with Crippen LogP contribution in [0.3, 0.4) is 0 Å². The molecule has 2 amide bonds. The van der Waals surface area contributed by atoms with E-state index in [1.165, 1.54) is 6.08 Å². The lowest BCUT2D eigenvalue weighted by Gasteiger charge is -2.39. The lowest BCUT2D eigenvalue weighted by Crippen LogP contribution is -2.57. The summed E-state index contributed by atoms with van der Waals surface area (Å²) in [5.74, 6) is -1.98. The lowest BCUT2D eigenvalue weighted by atomic mass is 9.71. The van der Waals surface area contributed by atoms with Gasteiger partial charge in [-0.1, -0.05) is 18.7 Å². The van der Waals surface area contributed by atoms with Gasteiger partial charge in [-0.2, -0.15) is 0 Å². The Kier molecular flexibility index (Phi) is 8.25. The number of thioether (sulfide) groups is 1. The van der Waals surface area contributed by atoms with Gasteiger partial charge in [0.1, 0.15) is 12.6 Å². The molecule has 4 heterocycles. The van der Waals surface area contributed by atoms with Crippen LogP contribution in [0.5, 0.6) is 0 Å². The first-order valence-electron chi connectivity index (χ1n) is 12.5. The average molecular weight is 508 g/mol. The van der Waals surface area contributed by atoms with Crippen LogP contribution in [-0.2, 0) is 23.9 Å². The number of amides is 2. The smallest absolute Gasteiger partial charge is 0.311 e. The third kappa shape index (κ3) is 4.65. The molecule has 1 N–H and O–H groups in total. The molecule has 2 bridgehead atoms. The van der Waals surface area contributed by atoms with Gasteiger partial charge in [0.25, 0.3) is 0 Å². The molecule has 1 spiro atoms. The summed E-state index contributed by atoms with van der Waals surface area (Å²) in [7, 11) is 0. The topological polar surface area (TPSA) is 99.6 Å². The molecule has 0 saturated carbocycles. The third-order valence-electron chi connectivity index (χ3n) is 7.78.